The number of fused-ring (bicyclic) bond motifs is 1. The van der Waals surface area contributed by atoms with Crippen LogP contribution in [0.5, 0.6) is 0 Å². The average Bonchev–Trinajstić information content (AvgIpc) is 2.87. The topological polar surface area (TPSA) is 49.9 Å². The maximum Gasteiger partial charge on any atom is 0.282 e. The maximum absolute atomic E-state index is 12.7. The summed E-state index contributed by atoms with van der Waals surface area (Å²) in [7, 11) is -3.25. The van der Waals surface area contributed by atoms with Crippen LogP contribution in [-0.4, -0.2) is 55.9 Å². The van der Waals surface area contributed by atoms with Gasteiger partial charge >= 0.3 is 0 Å². The van der Waals surface area contributed by atoms with E-state index in [1.54, 1.807) is 8.61 Å². The lowest BCUT2D eigenvalue weighted by Gasteiger charge is -2.40. The van der Waals surface area contributed by atoms with E-state index in [2.05, 4.69) is 0 Å². The largest absolute Gasteiger partial charge is 0.379 e. The normalized spacial score (nSPS) is 35.6. The first-order chi connectivity index (χ1) is 8.69. The molecule has 1 saturated carbocycles. The predicted molar refractivity (Wildman–Crippen MR) is 68.4 cm³/mol. The van der Waals surface area contributed by atoms with Gasteiger partial charge in [-0.1, -0.05) is 6.42 Å². The highest BCUT2D eigenvalue weighted by molar-refractivity contribution is 7.86. The van der Waals surface area contributed by atoms with Crippen molar-refractivity contribution in [2.45, 2.75) is 38.1 Å². The van der Waals surface area contributed by atoms with Gasteiger partial charge in [0, 0.05) is 25.7 Å². The van der Waals surface area contributed by atoms with Gasteiger partial charge in [-0.3, -0.25) is 0 Å². The molecule has 6 heteroatoms. The van der Waals surface area contributed by atoms with Crippen LogP contribution >= 0.6 is 0 Å². The molecule has 0 aromatic heterocycles. The van der Waals surface area contributed by atoms with Gasteiger partial charge in [-0.2, -0.15) is 17.0 Å². The van der Waals surface area contributed by atoms with Crippen LogP contribution < -0.4 is 0 Å². The molecule has 0 amide bonds. The Balaban J connectivity index is 1.79. The molecule has 3 rings (SSSR count). The van der Waals surface area contributed by atoms with Gasteiger partial charge in [-0.15, -0.1) is 0 Å². The molecule has 2 aliphatic heterocycles. The van der Waals surface area contributed by atoms with Crippen LogP contribution in [0.4, 0.5) is 0 Å². The Hall–Kier alpha value is -0.170. The Morgan fingerprint density at radius 3 is 2.44 bits per heavy atom. The number of hydrogen-bond acceptors (Lipinski definition) is 3. The van der Waals surface area contributed by atoms with Crippen LogP contribution in [0.1, 0.15) is 32.1 Å². The molecule has 5 nitrogen and oxygen atoms in total. The van der Waals surface area contributed by atoms with Crippen LogP contribution in [0.25, 0.3) is 0 Å². The van der Waals surface area contributed by atoms with Gasteiger partial charge in [0.1, 0.15) is 0 Å². The van der Waals surface area contributed by atoms with Crippen molar-refractivity contribution < 1.29 is 13.2 Å². The number of rotatable bonds is 2. The molecular weight excluding hydrogens is 252 g/mol. The first kappa shape index (κ1) is 12.8. The van der Waals surface area contributed by atoms with Crippen molar-refractivity contribution >= 4 is 10.2 Å². The fraction of sp³-hybridized carbons (Fsp3) is 1.00. The summed E-state index contributed by atoms with van der Waals surface area (Å²) in [5, 5.41) is 0. The SMILES string of the molecule is O=S(=O)(N1CCOCC1)N1CCC[C@H]2CCC[C@H]21. The second kappa shape index (κ2) is 5.07. The molecule has 2 atom stereocenters. The minimum absolute atomic E-state index is 0.270. The van der Waals surface area contributed by atoms with Crippen LogP contribution in [0, 0.1) is 5.92 Å². The molecule has 0 unspecified atom stereocenters. The second-order valence-corrected chi connectivity index (χ2v) is 7.41. The Morgan fingerprint density at radius 2 is 1.67 bits per heavy atom. The Labute approximate surface area is 109 Å². The van der Waals surface area contributed by atoms with Gasteiger partial charge in [-0.25, -0.2) is 0 Å². The molecule has 0 spiro atoms. The monoisotopic (exact) mass is 274 g/mol. The van der Waals surface area contributed by atoms with E-state index >= 15 is 0 Å². The lowest BCUT2D eigenvalue weighted by atomic mass is 9.94. The van der Waals surface area contributed by atoms with E-state index in [4.69, 9.17) is 4.74 Å². The van der Waals surface area contributed by atoms with Crippen molar-refractivity contribution in [3.8, 4) is 0 Å². The third-order valence-corrected chi connectivity index (χ3v) is 6.60. The molecule has 0 aromatic carbocycles. The van der Waals surface area contributed by atoms with Gasteiger partial charge in [0.15, 0.2) is 0 Å². The summed E-state index contributed by atoms with van der Waals surface area (Å²) in [5.74, 6) is 0.606. The number of piperidine rings is 1. The number of nitrogens with zero attached hydrogens (tertiary/aromatic N) is 2. The molecule has 18 heavy (non-hydrogen) atoms. The molecular formula is C12H22N2O3S. The summed E-state index contributed by atoms with van der Waals surface area (Å²) in [5.41, 5.74) is 0. The van der Waals surface area contributed by atoms with Crippen molar-refractivity contribution in [3.63, 3.8) is 0 Å². The minimum atomic E-state index is -3.25. The van der Waals surface area contributed by atoms with E-state index in [1.807, 2.05) is 0 Å². The van der Waals surface area contributed by atoms with Gasteiger partial charge in [0.2, 0.25) is 0 Å². The van der Waals surface area contributed by atoms with Gasteiger partial charge in [-0.05, 0) is 31.6 Å². The second-order valence-electron chi connectivity index (χ2n) is 5.53. The highest BCUT2D eigenvalue weighted by atomic mass is 32.2. The summed E-state index contributed by atoms with van der Waals surface area (Å²) in [4.78, 5) is 0. The molecule has 1 aliphatic carbocycles. The zero-order valence-electron chi connectivity index (χ0n) is 10.8. The van der Waals surface area contributed by atoms with Crippen molar-refractivity contribution in [2.75, 3.05) is 32.8 Å². The third kappa shape index (κ3) is 2.19. The van der Waals surface area contributed by atoms with Crippen molar-refractivity contribution in [1.82, 2.24) is 8.61 Å². The quantitative estimate of drug-likeness (QED) is 0.749. The predicted octanol–water partition coefficient (Wildman–Crippen LogP) is 0.828. The molecule has 3 fully saturated rings. The average molecular weight is 274 g/mol. The summed E-state index contributed by atoms with van der Waals surface area (Å²) in [6.45, 7) is 2.79. The van der Waals surface area contributed by atoms with E-state index in [-0.39, 0.29) is 6.04 Å². The maximum atomic E-state index is 12.7. The van der Waals surface area contributed by atoms with Crippen LogP contribution in [0.3, 0.4) is 0 Å². The highest BCUT2D eigenvalue weighted by Gasteiger charge is 2.43. The molecule has 0 bridgehead atoms. The van der Waals surface area contributed by atoms with Gasteiger partial charge in [0.05, 0.1) is 13.2 Å². The molecule has 0 radical (unpaired) electrons. The summed E-state index contributed by atoms with van der Waals surface area (Å²) < 4.78 is 34.0. The molecule has 2 heterocycles. The van der Waals surface area contributed by atoms with E-state index in [9.17, 15) is 8.42 Å². The molecule has 0 aromatic rings. The van der Waals surface area contributed by atoms with Crippen molar-refractivity contribution in [2.24, 2.45) is 5.92 Å². The number of morpholine rings is 1. The first-order valence-electron chi connectivity index (χ1n) is 7.04. The Morgan fingerprint density at radius 1 is 0.944 bits per heavy atom. The molecule has 0 N–H and O–H groups in total. The standard InChI is InChI=1S/C12H22N2O3S/c15-18(16,13-7-9-17-10-8-13)14-6-2-4-11-3-1-5-12(11)14/h11-12H,1-10H2/t11-,12-/m1/s1. The molecule has 2 saturated heterocycles. The fourth-order valence-electron chi connectivity index (χ4n) is 3.62. The van der Waals surface area contributed by atoms with E-state index in [0.717, 1.165) is 12.8 Å². The Bertz CT molecular complexity index is 392. The number of ether oxygens (including phenoxy) is 1. The van der Waals surface area contributed by atoms with E-state index in [1.165, 1.54) is 19.3 Å². The first-order valence-corrected chi connectivity index (χ1v) is 8.44. The Kier molecular flexibility index (Phi) is 3.62. The third-order valence-electron chi connectivity index (χ3n) is 4.53. The van der Waals surface area contributed by atoms with Crippen molar-refractivity contribution in [1.29, 1.82) is 0 Å². The number of hydrogen-bond donors (Lipinski definition) is 0. The lowest BCUT2D eigenvalue weighted by Crippen LogP contribution is -2.54. The fourth-order valence-corrected chi connectivity index (χ4v) is 5.51. The van der Waals surface area contributed by atoms with Gasteiger partial charge in [0.25, 0.3) is 10.2 Å². The van der Waals surface area contributed by atoms with E-state index < -0.39 is 10.2 Å². The minimum Gasteiger partial charge on any atom is -0.379 e. The lowest BCUT2D eigenvalue weighted by molar-refractivity contribution is 0.0671. The van der Waals surface area contributed by atoms with E-state index in [0.29, 0.717) is 38.8 Å². The molecule has 3 aliphatic rings. The summed E-state index contributed by atoms with van der Waals surface area (Å²) >= 11 is 0. The summed E-state index contributed by atoms with van der Waals surface area (Å²) in [6.07, 6.45) is 5.67. The van der Waals surface area contributed by atoms with Gasteiger partial charge < -0.3 is 4.74 Å². The highest BCUT2D eigenvalue weighted by Crippen LogP contribution is 2.38. The smallest absolute Gasteiger partial charge is 0.282 e. The van der Waals surface area contributed by atoms with Crippen LogP contribution in [0.2, 0.25) is 0 Å². The van der Waals surface area contributed by atoms with Crippen molar-refractivity contribution in [3.05, 3.63) is 0 Å². The van der Waals surface area contributed by atoms with Crippen LogP contribution in [-0.2, 0) is 14.9 Å². The molecule has 104 valence electrons. The zero-order valence-corrected chi connectivity index (χ0v) is 11.6. The zero-order chi connectivity index (χ0) is 12.6. The summed E-state index contributed by atoms with van der Waals surface area (Å²) in [6, 6.07) is 0.270. The van der Waals surface area contributed by atoms with Crippen LogP contribution in [0.15, 0.2) is 0 Å².